The van der Waals surface area contributed by atoms with Crippen molar-refractivity contribution >= 4 is 11.6 Å². The van der Waals surface area contributed by atoms with Gasteiger partial charge in [0, 0.05) is 25.0 Å². The molecule has 1 aliphatic rings. The molecule has 18 heavy (non-hydrogen) atoms. The summed E-state index contributed by atoms with van der Waals surface area (Å²) >= 11 is 0. The Morgan fingerprint density at radius 3 is 2.89 bits per heavy atom. The van der Waals surface area contributed by atoms with Gasteiger partial charge in [0.25, 0.3) is 5.91 Å². The number of rotatable bonds is 4. The lowest BCUT2D eigenvalue weighted by Crippen LogP contribution is -2.36. The van der Waals surface area contributed by atoms with Crippen molar-refractivity contribution in [2.75, 3.05) is 11.9 Å². The summed E-state index contributed by atoms with van der Waals surface area (Å²) in [7, 11) is 0. The third kappa shape index (κ3) is 3.22. The topological polar surface area (TPSA) is 54.0 Å². The van der Waals surface area contributed by atoms with E-state index in [0.29, 0.717) is 11.6 Å². The van der Waals surface area contributed by atoms with Crippen LogP contribution in [0.15, 0.2) is 18.5 Å². The van der Waals surface area contributed by atoms with Gasteiger partial charge in [0.05, 0.1) is 11.3 Å². The summed E-state index contributed by atoms with van der Waals surface area (Å²) in [4.78, 5) is 16.3. The Balaban J connectivity index is 2.03. The van der Waals surface area contributed by atoms with E-state index in [1.165, 1.54) is 19.3 Å². The molecule has 4 nitrogen and oxygen atoms in total. The van der Waals surface area contributed by atoms with Gasteiger partial charge in [-0.1, -0.05) is 19.3 Å². The molecule has 0 bridgehead atoms. The molecule has 1 aromatic rings. The fourth-order valence-electron chi connectivity index (χ4n) is 2.43. The molecule has 0 aromatic carbocycles. The predicted molar refractivity (Wildman–Crippen MR) is 72.7 cm³/mol. The number of hydrogen-bond acceptors (Lipinski definition) is 3. The van der Waals surface area contributed by atoms with Crippen molar-refractivity contribution in [3.05, 3.63) is 24.0 Å². The lowest BCUT2D eigenvalue weighted by Gasteiger charge is -2.23. The van der Waals surface area contributed by atoms with E-state index >= 15 is 0 Å². The highest BCUT2D eigenvalue weighted by Gasteiger charge is 2.18. The third-order valence-electron chi connectivity index (χ3n) is 3.37. The first kappa shape index (κ1) is 12.9. The molecule has 0 saturated heterocycles. The van der Waals surface area contributed by atoms with Gasteiger partial charge in [-0.2, -0.15) is 0 Å². The normalized spacial score (nSPS) is 16.3. The molecule has 1 fully saturated rings. The molecule has 1 aliphatic carbocycles. The maximum absolute atomic E-state index is 12.2. The average Bonchev–Trinajstić information content (AvgIpc) is 2.41. The number of hydrogen-bond donors (Lipinski definition) is 2. The lowest BCUT2D eigenvalue weighted by atomic mass is 9.95. The fourth-order valence-corrected chi connectivity index (χ4v) is 2.43. The standard InChI is InChI=1S/C14H21N3O/c1-2-16-13-8-9-15-10-12(13)14(18)17-11-6-4-3-5-7-11/h8-11H,2-7H2,1H3,(H,15,16)(H,17,18). The van der Waals surface area contributed by atoms with Crippen LogP contribution in [0, 0.1) is 0 Å². The second-order valence-corrected chi connectivity index (χ2v) is 4.76. The van der Waals surface area contributed by atoms with E-state index in [1.54, 1.807) is 12.4 Å². The van der Waals surface area contributed by atoms with E-state index in [4.69, 9.17) is 0 Å². The van der Waals surface area contributed by atoms with Crippen LogP contribution in [0.2, 0.25) is 0 Å². The molecule has 0 aliphatic heterocycles. The predicted octanol–water partition coefficient (Wildman–Crippen LogP) is 2.58. The highest BCUT2D eigenvalue weighted by atomic mass is 16.1. The van der Waals surface area contributed by atoms with Crippen molar-refractivity contribution in [2.24, 2.45) is 0 Å². The van der Waals surface area contributed by atoms with Gasteiger partial charge >= 0.3 is 0 Å². The molecule has 0 atom stereocenters. The van der Waals surface area contributed by atoms with Crippen LogP contribution in [0.4, 0.5) is 5.69 Å². The minimum Gasteiger partial charge on any atom is -0.385 e. The van der Waals surface area contributed by atoms with Gasteiger partial charge in [-0.3, -0.25) is 9.78 Å². The van der Waals surface area contributed by atoms with Gasteiger partial charge in [-0.15, -0.1) is 0 Å². The Hall–Kier alpha value is -1.58. The fraction of sp³-hybridized carbons (Fsp3) is 0.571. The lowest BCUT2D eigenvalue weighted by molar-refractivity contribution is 0.0928. The largest absolute Gasteiger partial charge is 0.385 e. The number of carbonyl (C=O) groups excluding carboxylic acids is 1. The van der Waals surface area contributed by atoms with E-state index in [9.17, 15) is 4.79 Å². The van der Waals surface area contributed by atoms with Crippen LogP contribution in [0.25, 0.3) is 0 Å². The monoisotopic (exact) mass is 247 g/mol. The van der Waals surface area contributed by atoms with Crippen LogP contribution in [0.3, 0.4) is 0 Å². The number of nitrogens with zero attached hydrogens (tertiary/aromatic N) is 1. The van der Waals surface area contributed by atoms with E-state index in [1.807, 2.05) is 13.0 Å². The summed E-state index contributed by atoms with van der Waals surface area (Å²) in [5.41, 5.74) is 1.51. The number of amides is 1. The zero-order chi connectivity index (χ0) is 12.8. The zero-order valence-corrected chi connectivity index (χ0v) is 10.9. The molecule has 0 unspecified atom stereocenters. The van der Waals surface area contributed by atoms with Gasteiger partial charge in [0.1, 0.15) is 0 Å². The van der Waals surface area contributed by atoms with E-state index in [-0.39, 0.29) is 5.91 Å². The Kier molecular flexibility index (Phi) is 4.56. The first-order valence-corrected chi connectivity index (χ1v) is 6.80. The molecule has 98 valence electrons. The molecule has 0 spiro atoms. The summed E-state index contributed by atoms with van der Waals surface area (Å²) in [6.07, 6.45) is 9.27. The van der Waals surface area contributed by atoms with Gasteiger partial charge in [-0.25, -0.2) is 0 Å². The molecular formula is C14H21N3O. The molecule has 1 aromatic heterocycles. The number of pyridine rings is 1. The van der Waals surface area contributed by atoms with Crippen molar-refractivity contribution in [1.29, 1.82) is 0 Å². The second kappa shape index (κ2) is 6.38. The SMILES string of the molecule is CCNc1ccncc1C(=O)NC1CCCCC1. The number of nitrogens with one attached hydrogen (secondary N) is 2. The number of carbonyl (C=O) groups is 1. The highest BCUT2D eigenvalue weighted by Crippen LogP contribution is 2.19. The summed E-state index contributed by atoms with van der Waals surface area (Å²) in [6.45, 7) is 2.82. The quantitative estimate of drug-likeness (QED) is 0.859. The molecule has 1 saturated carbocycles. The first-order chi connectivity index (χ1) is 8.81. The van der Waals surface area contributed by atoms with Crippen molar-refractivity contribution in [1.82, 2.24) is 10.3 Å². The molecule has 2 N–H and O–H groups in total. The van der Waals surface area contributed by atoms with Crippen LogP contribution < -0.4 is 10.6 Å². The first-order valence-electron chi connectivity index (χ1n) is 6.80. The van der Waals surface area contributed by atoms with Crippen LogP contribution in [-0.2, 0) is 0 Å². The second-order valence-electron chi connectivity index (χ2n) is 4.76. The number of anilines is 1. The maximum Gasteiger partial charge on any atom is 0.255 e. The highest BCUT2D eigenvalue weighted by molar-refractivity contribution is 5.99. The Bertz CT molecular complexity index is 400. The van der Waals surface area contributed by atoms with Gasteiger partial charge in [0.2, 0.25) is 0 Å². The van der Waals surface area contributed by atoms with Crippen molar-refractivity contribution in [2.45, 2.75) is 45.1 Å². The zero-order valence-electron chi connectivity index (χ0n) is 10.9. The van der Waals surface area contributed by atoms with E-state index < -0.39 is 0 Å². The molecule has 1 heterocycles. The van der Waals surface area contributed by atoms with E-state index in [0.717, 1.165) is 25.1 Å². The molecule has 1 amide bonds. The van der Waals surface area contributed by atoms with Crippen molar-refractivity contribution in [3.8, 4) is 0 Å². The Labute approximate surface area is 108 Å². The molecular weight excluding hydrogens is 226 g/mol. The van der Waals surface area contributed by atoms with E-state index in [2.05, 4.69) is 15.6 Å². The smallest absolute Gasteiger partial charge is 0.255 e. The molecule has 2 rings (SSSR count). The average molecular weight is 247 g/mol. The van der Waals surface area contributed by atoms with Crippen molar-refractivity contribution in [3.63, 3.8) is 0 Å². The minimum absolute atomic E-state index is 0.00838. The summed E-state index contributed by atoms with van der Waals surface area (Å²) in [5.74, 6) is -0.00838. The van der Waals surface area contributed by atoms with Crippen LogP contribution in [0.1, 0.15) is 49.4 Å². The van der Waals surface area contributed by atoms with Crippen molar-refractivity contribution < 1.29 is 4.79 Å². The number of aromatic nitrogens is 1. The Morgan fingerprint density at radius 2 is 2.17 bits per heavy atom. The van der Waals surface area contributed by atoms with Gasteiger partial charge in [-0.05, 0) is 25.8 Å². The van der Waals surface area contributed by atoms with Crippen LogP contribution >= 0.6 is 0 Å². The van der Waals surface area contributed by atoms with Crippen LogP contribution in [0.5, 0.6) is 0 Å². The maximum atomic E-state index is 12.2. The summed E-state index contributed by atoms with van der Waals surface area (Å²) in [6, 6.07) is 2.18. The minimum atomic E-state index is -0.00838. The summed E-state index contributed by atoms with van der Waals surface area (Å²) < 4.78 is 0. The summed E-state index contributed by atoms with van der Waals surface area (Å²) in [5, 5.41) is 6.31. The third-order valence-corrected chi connectivity index (χ3v) is 3.37. The van der Waals surface area contributed by atoms with Crippen LogP contribution in [-0.4, -0.2) is 23.5 Å². The van der Waals surface area contributed by atoms with Gasteiger partial charge in [0.15, 0.2) is 0 Å². The Morgan fingerprint density at radius 1 is 1.39 bits per heavy atom. The molecule has 4 heteroatoms. The van der Waals surface area contributed by atoms with Gasteiger partial charge < -0.3 is 10.6 Å². The molecule has 0 radical (unpaired) electrons.